The molecule has 0 radical (unpaired) electrons. The first-order chi connectivity index (χ1) is 8.09. The van der Waals surface area contributed by atoms with E-state index in [4.69, 9.17) is 4.74 Å². The number of carbonyl (C=O) groups excluding carboxylic acids is 1. The lowest BCUT2D eigenvalue weighted by atomic mass is 10.1. The molecule has 1 aliphatic heterocycles. The zero-order valence-electron chi connectivity index (χ0n) is 11.3. The van der Waals surface area contributed by atoms with Crippen molar-refractivity contribution < 1.29 is 9.53 Å². The van der Waals surface area contributed by atoms with E-state index >= 15 is 0 Å². The van der Waals surface area contributed by atoms with Crippen LogP contribution in [0.3, 0.4) is 0 Å². The zero-order chi connectivity index (χ0) is 12.7. The number of amides is 1. The summed E-state index contributed by atoms with van der Waals surface area (Å²) in [7, 11) is 0. The summed E-state index contributed by atoms with van der Waals surface area (Å²) >= 11 is 0. The van der Waals surface area contributed by atoms with Crippen LogP contribution in [0.5, 0.6) is 0 Å². The van der Waals surface area contributed by atoms with Crippen LogP contribution in [0.1, 0.15) is 40.0 Å². The molecule has 1 amide bonds. The molecule has 0 aromatic heterocycles. The number of nitrogens with one attached hydrogen (secondary N) is 2. The molecule has 100 valence electrons. The predicted molar refractivity (Wildman–Crippen MR) is 68.9 cm³/mol. The fraction of sp³-hybridized carbons (Fsp3) is 0.923. The van der Waals surface area contributed by atoms with Crippen LogP contribution in [0, 0.1) is 5.92 Å². The molecule has 1 rings (SSSR count). The van der Waals surface area contributed by atoms with E-state index in [1.165, 1.54) is 6.42 Å². The van der Waals surface area contributed by atoms with Crippen LogP contribution >= 0.6 is 0 Å². The van der Waals surface area contributed by atoms with Crippen molar-refractivity contribution in [2.24, 2.45) is 5.92 Å². The van der Waals surface area contributed by atoms with Crippen molar-refractivity contribution in [1.82, 2.24) is 10.6 Å². The molecule has 0 saturated carbocycles. The molecule has 2 N–H and O–H groups in total. The quantitative estimate of drug-likeness (QED) is 0.707. The topological polar surface area (TPSA) is 50.4 Å². The third-order valence-electron chi connectivity index (χ3n) is 3.10. The Kier molecular flexibility index (Phi) is 6.52. The van der Waals surface area contributed by atoms with E-state index in [-0.39, 0.29) is 12.0 Å². The summed E-state index contributed by atoms with van der Waals surface area (Å²) in [6, 6.07) is 0.431. The molecule has 0 aromatic carbocycles. The van der Waals surface area contributed by atoms with Crippen LogP contribution in [0.2, 0.25) is 0 Å². The van der Waals surface area contributed by atoms with Crippen LogP contribution in [0.15, 0.2) is 0 Å². The highest BCUT2D eigenvalue weighted by molar-refractivity contribution is 5.80. The van der Waals surface area contributed by atoms with Gasteiger partial charge in [0.2, 0.25) is 5.91 Å². The van der Waals surface area contributed by atoms with Crippen molar-refractivity contribution in [2.75, 3.05) is 19.7 Å². The Bertz CT molecular complexity index is 225. The summed E-state index contributed by atoms with van der Waals surface area (Å²) in [5, 5.41) is 6.26. The van der Waals surface area contributed by atoms with E-state index in [1.54, 1.807) is 0 Å². The Morgan fingerprint density at radius 1 is 1.47 bits per heavy atom. The zero-order valence-corrected chi connectivity index (χ0v) is 11.3. The van der Waals surface area contributed by atoms with Crippen LogP contribution < -0.4 is 10.6 Å². The number of ether oxygens (including phenoxy) is 1. The van der Waals surface area contributed by atoms with E-state index in [0.717, 1.165) is 25.9 Å². The molecule has 1 heterocycles. The van der Waals surface area contributed by atoms with E-state index in [9.17, 15) is 4.79 Å². The molecule has 2 atom stereocenters. The van der Waals surface area contributed by atoms with Gasteiger partial charge in [0.05, 0.1) is 6.61 Å². The van der Waals surface area contributed by atoms with Gasteiger partial charge in [0.25, 0.3) is 0 Å². The molecule has 1 fully saturated rings. The molecule has 0 bridgehead atoms. The number of hydrogen-bond donors (Lipinski definition) is 2. The Labute approximate surface area is 104 Å². The van der Waals surface area contributed by atoms with Gasteiger partial charge < -0.3 is 15.4 Å². The average molecular weight is 242 g/mol. The van der Waals surface area contributed by atoms with Crippen molar-refractivity contribution in [3.05, 3.63) is 0 Å². The van der Waals surface area contributed by atoms with Crippen molar-refractivity contribution in [1.29, 1.82) is 0 Å². The third-order valence-corrected chi connectivity index (χ3v) is 3.10. The molecule has 0 aromatic rings. The van der Waals surface area contributed by atoms with Gasteiger partial charge in [-0.15, -0.1) is 0 Å². The molecule has 1 saturated heterocycles. The summed E-state index contributed by atoms with van der Waals surface area (Å²) < 4.78 is 5.57. The summed E-state index contributed by atoms with van der Waals surface area (Å²) in [6.45, 7) is 8.57. The molecule has 0 aliphatic carbocycles. The Balaban J connectivity index is 2.08. The second-order valence-corrected chi connectivity index (χ2v) is 5.24. The minimum atomic E-state index is -0.343. The summed E-state index contributed by atoms with van der Waals surface area (Å²) in [4.78, 5) is 11.7. The first kappa shape index (κ1) is 14.5. The maximum Gasteiger partial charge on any atom is 0.248 e. The summed E-state index contributed by atoms with van der Waals surface area (Å²) in [6.07, 6.45) is 3.04. The Morgan fingerprint density at radius 3 is 2.82 bits per heavy atom. The van der Waals surface area contributed by atoms with Gasteiger partial charge in [0.15, 0.2) is 0 Å². The standard InChI is InChI=1S/C13H26N2O2/c1-10(2)6-8-15-13(16)11(3)17-9-12-5-4-7-14-12/h10-12,14H,4-9H2,1-3H3,(H,15,16). The average Bonchev–Trinajstić information content (AvgIpc) is 2.78. The van der Waals surface area contributed by atoms with Gasteiger partial charge in [0, 0.05) is 12.6 Å². The molecule has 4 nitrogen and oxygen atoms in total. The number of hydrogen-bond acceptors (Lipinski definition) is 3. The molecule has 0 spiro atoms. The lowest BCUT2D eigenvalue weighted by molar-refractivity contribution is -0.132. The lowest BCUT2D eigenvalue weighted by Gasteiger charge is -2.16. The minimum Gasteiger partial charge on any atom is -0.367 e. The highest BCUT2D eigenvalue weighted by Crippen LogP contribution is 2.06. The van der Waals surface area contributed by atoms with Gasteiger partial charge in [0.1, 0.15) is 6.10 Å². The van der Waals surface area contributed by atoms with Gasteiger partial charge in [-0.05, 0) is 38.6 Å². The van der Waals surface area contributed by atoms with Gasteiger partial charge in [-0.2, -0.15) is 0 Å². The molecular weight excluding hydrogens is 216 g/mol. The predicted octanol–water partition coefficient (Wildman–Crippen LogP) is 1.31. The van der Waals surface area contributed by atoms with Crippen LogP contribution in [-0.2, 0) is 9.53 Å². The Hall–Kier alpha value is -0.610. The van der Waals surface area contributed by atoms with E-state index in [2.05, 4.69) is 24.5 Å². The molecule has 2 unspecified atom stereocenters. The largest absolute Gasteiger partial charge is 0.367 e. The van der Waals surface area contributed by atoms with Crippen LogP contribution in [-0.4, -0.2) is 37.7 Å². The highest BCUT2D eigenvalue weighted by atomic mass is 16.5. The highest BCUT2D eigenvalue weighted by Gasteiger charge is 2.18. The molecule has 1 aliphatic rings. The van der Waals surface area contributed by atoms with Gasteiger partial charge in [-0.1, -0.05) is 13.8 Å². The third kappa shape index (κ3) is 6.03. The number of carbonyl (C=O) groups is 1. The lowest BCUT2D eigenvalue weighted by Crippen LogP contribution is -2.38. The van der Waals surface area contributed by atoms with Gasteiger partial charge in [-0.3, -0.25) is 4.79 Å². The molecule has 4 heteroatoms. The van der Waals surface area contributed by atoms with Gasteiger partial charge >= 0.3 is 0 Å². The first-order valence-corrected chi connectivity index (χ1v) is 6.72. The van der Waals surface area contributed by atoms with Crippen LogP contribution in [0.25, 0.3) is 0 Å². The molecular formula is C13H26N2O2. The second-order valence-electron chi connectivity index (χ2n) is 5.24. The van der Waals surface area contributed by atoms with Gasteiger partial charge in [-0.25, -0.2) is 0 Å². The van der Waals surface area contributed by atoms with Crippen molar-refractivity contribution in [2.45, 2.75) is 52.2 Å². The minimum absolute atomic E-state index is 0.00338. The maximum absolute atomic E-state index is 11.7. The van der Waals surface area contributed by atoms with Crippen molar-refractivity contribution in [3.8, 4) is 0 Å². The maximum atomic E-state index is 11.7. The normalized spacial score (nSPS) is 21.8. The fourth-order valence-electron chi connectivity index (χ4n) is 1.86. The Morgan fingerprint density at radius 2 is 2.24 bits per heavy atom. The van der Waals surface area contributed by atoms with Crippen molar-refractivity contribution >= 4 is 5.91 Å². The SMILES string of the molecule is CC(C)CCNC(=O)C(C)OCC1CCCN1. The van der Waals surface area contributed by atoms with E-state index in [1.807, 2.05) is 6.92 Å². The van der Waals surface area contributed by atoms with Crippen LogP contribution in [0.4, 0.5) is 0 Å². The van der Waals surface area contributed by atoms with E-state index in [0.29, 0.717) is 18.6 Å². The monoisotopic (exact) mass is 242 g/mol. The summed E-state index contributed by atoms with van der Waals surface area (Å²) in [5.74, 6) is 0.623. The van der Waals surface area contributed by atoms with Crippen molar-refractivity contribution in [3.63, 3.8) is 0 Å². The fourth-order valence-corrected chi connectivity index (χ4v) is 1.86. The second kappa shape index (κ2) is 7.67. The first-order valence-electron chi connectivity index (χ1n) is 6.72. The van der Waals surface area contributed by atoms with E-state index < -0.39 is 0 Å². The smallest absolute Gasteiger partial charge is 0.248 e. The number of rotatable bonds is 7. The molecule has 17 heavy (non-hydrogen) atoms. The summed E-state index contributed by atoms with van der Waals surface area (Å²) in [5.41, 5.74) is 0.